The van der Waals surface area contributed by atoms with Crippen molar-refractivity contribution >= 4 is 23.6 Å². The average Bonchev–Trinajstić information content (AvgIpc) is 3.55. The zero-order chi connectivity index (χ0) is 26.9. The first-order valence-electron chi connectivity index (χ1n) is 10.4. The van der Waals surface area contributed by atoms with Gasteiger partial charge in [0.1, 0.15) is 48.9 Å². The average molecular weight is 754 g/mol. The molecule has 2 aliphatic heterocycles. The third-order valence-corrected chi connectivity index (χ3v) is 5.78. The van der Waals surface area contributed by atoms with Gasteiger partial charge < -0.3 is 93.3 Å². The standard InChI is InChI=1S/2C9H13N3O6.3Fe.4H2O/c2*10-7-4(9(16)17)11-2-12(7)8-6(15)5(14)3(1-13)18-8;;;;;;;/h2*2-3,5-6,8,13-15H,1,10H2,(H,16,17);;;;4*1H2/p-4. The van der Waals surface area contributed by atoms with Crippen molar-refractivity contribution in [3.05, 3.63) is 24.0 Å². The summed E-state index contributed by atoms with van der Waals surface area (Å²) >= 11 is 0. The van der Waals surface area contributed by atoms with Gasteiger partial charge in [0.05, 0.1) is 11.9 Å². The van der Waals surface area contributed by atoms with E-state index in [1.165, 1.54) is 0 Å². The molecule has 0 bridgehead atoms. The zero-order valence-corrected chi connectivity index (χ0v) is 24.5. The van der Waals surface area contributed by atoms with Crippen molar-refractivity contribution in [3.63, 3.8) is 0 Å². The summed E-state index contributed by atoms with van der Waals surface area (Å²) < 4.78 is 10.1. The molecule has 25 heteroatoms. The van der Waals surface area contributed by atoms with Gasteiger partial charge >= 0.3 is 0 Å². The number of aliphatic hydroxyl groups is 10. The molecule has 16 N–H and O–H groups in total. The van der Waals surface area contributed by atoms with Gasteiger partial charge in [0, 0.05) is 51.2 Å². The minimum Gasteiger partial charge on any atom is -0.870 e. The molecule has 0 amide bonds. The van der Waals surface area contributed by atoms with E-state index in [0.717, 1.165) is 21.8 Å². The fourth-order valence-electron chi connectivity index (χ4n) is 3.81. The van der Waals surface area contributed by atoms with Gasteiger partial charge in [-0.3, -0.25) is 0 Å². The summed E-state index contributed by atoms with van der Waals surface area (Å²) in [5.74, 6) is -3.54. The quantitative estimate of drug-likeness (QED) is 0.100. The maximum absolute atomic E-state index is 10.7. The maximum Gasteiger partial charge on any atom is 0.270 e. The second kappa shape index (κ2) is 20.9. The maximum atomic E-state index is 10.7. The Morgan fingerprint density at radius 2 is 0.977 bits per heavy atom. The van der Waals surface area contributed by atoms with E-state index in [1.807, 2.05) is 0 Å². The molecule has 2 aliphatic rings. The van der Waals surface area contributed by atoms with Crippen LogP contribution in [0.25, 0.3) is 0 Å². The first-order valence-corrected chi connectivity index (χ1v) is 10.4. The van der Waals surface area contributed by atoms with Crippen molar-refractivity contribution in [2.24, 2.45) is 0 Å². The largest absolute Gasteiger partial charge is 0.870 e. The number of nitrogens with zero attached hydrogens (tertiary/aromatic N) is 4. The Labute approximate surface area is 272 Å². The van der Waals surface area contributed by atoms with Gasteiger partial charge in [-0.15, -0.1) is 0 Å². The number of aromatic nitrogens is 4. The second-order valence-electron chi connectivity index (χ2n) is 7.93. The zero-order valence-electron chi connectivity index (χ0n) is 21.2. The molecule has 8 atom stereocenters. The number of nitrogens with two attached hydrogens (primary N) is 2. The number of ether oxygens (including phenoxy) is 2. The summed E-state index contributed by atoms with van der Waals surface area (Å²) in [6.45, 7) is -0.868. The molecule has 0 aromatic carbocycles. The van der Waals surface area contributed by atoms with Gasteiger partial charge in [0.15, 0.2) is 24.4 Å². The molecule has 256 valence electrons. The minimum absolute atomic E-state index is 0. The number of carbonyl (C=O) groups is 2. The first-order chi connectivity index (χ1) is 16.9. The number of hydrogen-bond donors (Lipinski definition) is 8. The van der Waals surface area contributed by atoms with Gasteiger partial charge in [-0.1, -0.05) is 0 Å². The number of rotatable bonds is 6. The Bertz CT molecular complexity index is 1030. The van der Waals surface area contributed by atoms with Crippen molar-refractivity contribution < 1.29 is 133 Å². The predicted octanol–water partition coefficient (Wildman–Crippen LogP) is -8.81. The van der Waals surface area contributed by atoms with Crippen LogP contribution in [-0.4, -0.2) is 143 Å². The Kier molecular flexibility index (Phi) is 24.6. The molecule has 4 rings (SSSR count). The third kappa shape index (κ3) is 10.0. The van der Waals surface area contributed by atoms with Crippen LogP contribution in [0, 0.1) is 0 Å². The number of hydrogen-bond acceptors (Lipinski definition) is 18. The molecule has 0 saturated carbocycles. The van der Waals surface area contributed by atoms with Gasteiger partial charge in [-0.05, 0) is 0 Å². The van der Waals surface area contributed by atoms with E-state index in [-0.39, 0.29) is 84.7 Å². The Morgan fingerprint density at radius 1 is 0.698 bits per heavy atom. The van der Waals surface area contributed by atoms with E-state index in [4.69, 9.17) is 21.7 Å². The number of nitrogen functional groups attached to an aromatic ring is 2. The fourth-order valence-corrected chi connectivity index (χ4v) is 3.81. The number of imidazole rings is 2. The molecule has 8 unspecified atom stereocenters. The van der Waals surface area contributed by atoms with Crippen LogP contribution in [-0.2, 0) is 51.2 Å². The van der Waals surface area contributed by atoms with Crippen molar-refractivity contribution in [2.45, 2.75) is 49.1 Å². The van der Waals surface area contributed by atoms with E-state index in [1.54, 1.807) is 0 Å². The Balaban J connectivity index is -0.000000193. The van der Waals surface area contributed by atoms with Crippen LogP contribution in [0.4, 0.5) is 11.6 Å². The Hall–Kier alpha value is -1.96. The van der Waals surface area contributed by atoms with Crippen molar-refractivity contribution in [1.82, 2.24) is 19.1 Å². The summed E-state index contributed by atoms with van der Waals surface area (Å²) in [7, 11) is 0. The summed E-state index contributed by atoms with van der Waals surface area (Å²) in [4.78, 5) is 28.4. The summed E-state index contributed by atoms with van der Waals surface area (Å²) in [5, 5.41) is 78.0. The van der Waals surface area contributed by atoms with Crippen LogP contribution in [0.1, 0.15) is 33.4 Å². The van der Waals surface area contributed by atoms with Gasteiger partial charge in [-0.2, -0.15) is 0 Å². The molecular weight excluding hydrogens is 724 g/mol. The van der Waals surface area contributed by atoms with Crippen LogP contribution >= 0.6 is 0 Å². The summed E-state index contributed by atoms with van der Waals surface area (Å²) in [6, 6.07) is 0. The van der Waals surface area contributed by atoms with E-state index < -0.39 is 85.6 Å². The molecule has 2 aromatic rings. The van der Waals surface area contributed by atoms with E-state index in [0.29, 0.717) is 0 Å². The van der Waals surface area contributed by atoms with Crippen LogP contribution in [0.15, 0.2) is 12.7 Å². The fraction of sp³-hybridized carbons (Fsp3) is 0.556. The number of carbonyl (C=O) groups excluding carboxylic acids is 2. The number of carboxylic acid groups (broad SMARTS) is 2. The number of aliphatic hydroxyl groups excluding tert-OH is 6. The molecule has 22 nitrogen and oxygen atoms in total. The van der Waals surface area contributed by atoms with Gasteiger partial charge in [-0.25, -0.2) is 19.1 Å². The first kappa shape index (κ1) is 50.7. The monoisotopic (exact) mass is 754 g/mol. The molecule has 0 aliphatic carbocycles. The molecule has 0 spiro atoms. The topological polar surface area (TPSA) is 435 Å². The summed E-state index contributed by atoms with van der Waals surface area (Å²) in [6.07, 6.45) is -6.58. The van der Waals surface area contributed by atoms with E-state index in [9.17, 15) is 40.2 Å². The minimum atomic E-state index is -1.54. The molecule has 2 aromatic heterocycles. The molecule has 0 radical (unpaired) electrons. The van der Waals surface area contributed by atoms with Crippen molar-refractivity contribution in [1.29, 1.82) is 0 Å². The molecule has 4 heterocycles. The van der Waals surface area contributed by atoms with Crippen molar-refractivity contribution in [3.8, 4) is 0 Å². The number of carboxylic acids is 2. The van der Waals surface area contributed by atoms with Crippen LogP contribution in [0.2, 0.25) is 0 Å². The normalized spacial score (nSPS) is 26.6. The van der Waals surface area contributed by atoms with Crippen molar-refractivity contribution in [2.75, 3.05) is 24.7 Å². The third-order valence-electron chi connectivity index (χ3n) is 5.78. The summed E-state index contributed by atoms with van der Waals surface area (Å²) in [5.41, 5.74) is 10.2. The van der Waals surface area contributed by atoms with Gasteiger partial charge in [0.25, 0.3) is 12.5 Å². The van der Waals surface area contributed by atoms with Gasteiger partial charge in [0.2, 0.25) is 12.2 Å². The number of anilines is 2. The molecule has 43 heavy (non-hydrogen) atoms. The number of aromatic carboxylic acids is 2. The molecule has 2 saturated heterocycles. The Morgan fingerprint density at radius 3 is 1.16 bits per heavy atom. The SMILES string of the molecule is Nc1c(C(=O)[O-])ncn1C1[OH+]C(CO)C(O)C1O.Nc1c(C(=O)[O-])ncn1C1[OH+]C(CO)C(O)C1O.[Fe].[Fe].[Fe].[OH-].[OH-].[OH-].[OH-]. The second-order valence-corrected chi connectivity index (χ2v) is 7.93. The smallest absolute Gasteiger partial charge is 0.270 e. The predicted molar refractivity (Wildman–Crippen MR) is 118 cm³/mol. The van der Waals surface area contributed by atoms with Crippen LogP contribution in [0.5, 0.6) is 0 Å². The van der Waals surface area contributed by atoms with Crippen LogP contribution in [0.3, 0.4) is 0 Å². The van der Waals surface area contributed by atoms with E-state index >= 15 is 0 Å². The van der Waals surface area contributed by atoms with Crippen LogP contribution < -0.4 is 21.7 Å². The van der Waals surface area contributed by atoms with E-state index in [2.05, 4.69) is 19.4 Å². The molecular formula is C18H30Fe3N6O16-4. The molecule has 2 fully saturated rings.